The molecule has 1 aromatic heterocycles. The SMILES string of the molecule is CC(C)[C@@H](C(=O)NCCCSc1nccs1)N1CCCC1=O. The van der Waals surface area contributed by atoms with E-state index in [4.69, 9.17) is 0 Å². The van der Waals surface area contributed by atoms with Gasteiger partial charge in [-0.3, -0.25) is 9.59 Å². The highest BCUT2D eigenvalue weighted by molar-refractivity contribution is 8.00. The van der Waals surface area contributed by atoms with Crippen molar-refractivity contribution in [1.29, 1.82) is 0 Å². The van der Waals surface area contributed by atoms with Crippen molar-refractivity contribution in [1.82, 2.24) is 15.2 Å². The number of carbonyl (C=O) groups is 2. The van der Waals surface area contributed by atoms with Crippen molar-refractivity contribution in [2.45, 2.75) is 43.5 Å². The summed E-state index contributed by atoms with van der Waals surface area (Å²) in [7, 11) is 0. The Balaban J connectivity index is 1.73. The first-order valence-electron chi connectivity index (χ1n) is 7.69. The number of aromatic nitrogens is 1. The zero-order valence-electron chi connectivity index (χ0n) is 13.1. The summed E-state index contributed by atoms with van der Waals surface area (Å²) in [4.78, 5) is 30.2. The van der Waals surface area contributed by atoms with Gasteiger partial charge in [-0.1, -0.05) is 25.6 Å². The van der Waals surface area contributed by atoms with Gasteiger partial charge in [0.15, 0.2) is 0 Å². The number of nitrogens with zero attached hydrogens (tertiary/aromatic N) is 2. The average molecular weight is 342 g/mol. The van der Waals surface area contributed by atoms with Crippen LogP contribution in [0.1, 0.15) is 33.1 Å². The molecule has 1 atom stereocenters. The van der Waals surface area contributed by atoms with Crippen LogP contribution in [0, 0.1) is 5.92 Å². The zero-order chi connectivity index (χ0) is 15.9. The van der Waals surface area contributed by atoms with Gasteiger partial charge in [-0.05, 0) is 18.8 Å². The van der Waals surface area contributed by atoms with Gasteiger partial charge in [-0.15, -0.1) is 11.3 Å². The van der Waals surface area contributed by atoms with Crippen LogP contribution in [0.3, 0.4) is 0 Å². The van der Waals surface area contributed by atoms with Gasteiger partial charge in [0, 0.05) is 36.8 Å². The third-order valence-electron chi connectivity index (χ3n) is 3.60. The Morgan fingerprint density at radius 2 is 2.36 bits per heavy atom. The summed E-state index contributed by atoms with van der Waals surface area (Å²) in [6.45, 7) is 5.33. The van der Waals surface area contributed by atoms with Gasteiger partial charge in [-0.2, -0.15) is 0 Å². The number of rotatable bonds is 8. The molecule has 2 amide bonds. The van der Waals surface area contributed by atoms with Crippen molar-refractivity contribution < 1.29 is 9.59 Å². The van der Waals surface area contributed by atoms with Gasteiger partial charge < -0.3 is 10.2 Å². The molecule has 22 heavy (non-hydrogen) atoms. The Hall–Kier alpha value is -1.08. The summed E-state index contributed by atoms with van der Waals surface area (Å²) in [5.41, 5.74) is 0. The lowest BCUT2D eigenvalue weighted by Gasteiger charge is -2.29. The molecule has 2 rings (SSSR count). The molecule has 1 saturated heterocycles. The Labute approximate surface area is 139 Å². The van der Waals surface area contributed by atoms with E-state index in [9.17, 15) is 9.59 Å². The summed E-state index contributed by atoms with van der Waals surface area (Å²) in [5.74, 6) is 1.15. The molecule has 1 aliphatic rings. The molecular formula is C15H23N3O2S2. The van der Waals surface area contributed by atoms with Crippen LogP contribution in [-0.2, 0) is 9.59 Å². The van der Waals surface area contributed by atoms with Gasteiger partial charge in [0.25, 0.3) is 0 Å². The minimum Gasteiger partial charge on any atom is -0.354 e. The normalized spacial score (nSPS) is 16.3. The first-order valence-corrected chi connectivity index (χ1v) is 9.55. The van der Waals surface area contributed by atoms with Crippen LogP contribution in [0.4, 0.5) is 0 Å². The highest BCUT2D eigenvalue weighted by Crippen LogP contribution is 2.21. The topological polar surface area (TPSA) is 62.3 Å². The van der Waals surface area contributed by atoms with E-state index in [0.29, 0.717) is 19.5 Å². The molecule has 1 aliphatic heterocycles. The molecule has 1 fully saturated rings. The van der Waals surface area contributed by atoms with Crippen molar-refractivity contribution in [3.63, 3.8) is 0 Å². The smallest absolute Gasteiger partial charge is 0.243 e. The predicted octanol–water partition coefficient (Wildman–Crippen LogP) is 2.39. The van der Waals surface area contributed by atoms with E-state index in [1.807, 2.05) is 19.2 Å². The van der Waals surface area contributed by atoms with E-state index >= 15 is 0 Å². The highest BCUT2D eigenvalue weighted by atomic mass is 32.2. The molecule has 1 aromatic rings. The molecule has 0 saturated carbocycles. The molecule has 0 spiro atoms. The number of amides is 2. The van der Waals surface area contributed by atoms with Crippen LogP contribution in [0.5, 0.6) is 0 Å². The average Bonchev–Trinajstić information content (AvgIpc) is 3.11. The second-order valence-corrected chi connectivity index (χ2v) is 7.91. The second-order valence-electron chi connectivity index (χ2n) is 5.67. The van der Waals surface area contributed by atoms with Gasteiger partial charge >= 0.3 is 0 Å². The zero-order valence-corrected chi connectivity index (χ0v) is 14.7. The van der Waals surface area contributed by atoms with Crippen LogP contribution >= 0.6 is 23.1 Å². The maximum Gasteiger partial charge on any atom is 0.243 e. The number of thiazole rings is 1. The molecule has 5 nitrogen and oxygen atoms in total. The lowest BCUT2D eigenvalue weighted by molar-refractivity contribution is -0.139. The fourth-order valence-corrected chi connectivity index (χ4v) is 4.24. The molecule has 122 valence electrons. The number of likely N-dealkylation sites (tertiary alicyclic amines) is 1. The molecule has 0 radical (unpaired) electrons. The molecule has 0 aliphatic carbocycles. The van der Waals surface area contributed by atoms with E-state index in [2.05, 4.69) is 10.3 Å². The molecule has 0 unspecified atom stereocenters. The van der Waals surface area contributed by atoms with E-state index < -0.39 is 0 Å². The standard InChI is InChI=1S/C15H23N3O2S2/c1-11(2)13(18-8-3-5-12(18)19)14(20)16-6-4-9-21-15-17-7-10-22-15/h7,10-11,13H,3-6,8-9H2,1-2H3,(H,16,20)/t13-/m0/s1. The van der Waals surface area contributed by atoms with Gasteiger partial charge in [0.05, 0.1) is 0 Å². The van der Waals surface area contributed by atoms with Crippen molar-refractivity contribution in [3.05, 3.63) is 11.6 Å². The third-order valence-corrected chi connectivity index (χ3v) is 5.65. The second kappa shape index (κ2) is 8.53. The predicted molar refractivity (Wildman–Crippen MR) is 90.0 cm³/mol. The van der Waals surface area contributed by atoms with Gasteiger partial charge in [-0.25, -0.2) is 4.98 Å². The lowest BCUT2D eigenvalue weighted by Crippen LogP contribution is -2.50. The van der Waals surface area contributed by atoms with E-state index in [1.54, 1.807) is 34.2 Å². The summed E-state index contributed by atoms with van der Waals surface area (Å²) in [6.07, 6.45) is 4.13. The number of nitrogens with one attached hydrogen (secondary N) is 1. The summed E-state index contributed by atoms with van der Waals surface area (Å²) < 4.78 is 1.06. The maximum atomic E-state index is 12.4. The minimum absolute atomic E-state index is 0.0236. The maximum absolute atomic E-state index is 12.4. The number of hydrogen-bond donors (Lipinski definition) is 1. The van der Waals surface area contributed by atoms with Crippen molar-refractivity contribution in [2.24, 2.45) is 5.92 Å². The fourth-order valence-electron chi connectivity index (χ4n) is 2.60. The Morgan fingerprint density at radius 3 is 2.95 bits per heavy atom. The summed E-state index contributed by atoms with van der Waals surface area (Å²) in [6, 6.07) is -0.332. The van der Waals surface area contributed by atoms with Crippen LogP contribution in [0.15, 0.2) is 15.9 Å². The third kappa shape index (κ3) is 4.71. The lowest BCUT2D eigenvalue weighted by atomic mass is 10.0. The summed E-state index contributed by atoms with van der Waals surface area (Å²) >= 11 is 3.34. The molecule has 0 bridgehead atoms. The molecule has 2 heterocycles. The summed E-state index contributed by atoms with van der Waals surface area (Å²) in [5, 5.41) is 4.94. The fraction of sp³-hybridized carbons (Fsp3) is 0.667. The van der Waals surface area contributed by atoms with Crippen molar-refractivity contribution in [2.75, 3.05) is 18.8 Å². The molecular weight excluding hydrogens is 318 g/mol. The Bertz CT molecular complexity index is 491. The quantitative estimate of drug-likeness (QED) is 0.582. The number of hydrogen-bond acceptors (Lipinski definition) is 5. The molecule has 0 aromatic carbocycles. The number of carbonyl (C=O) groups excluding carboxylic acids is 2. The monoisotopic (exact) mass is 341 g/mol. The Kier molecular flexibility index (Phi) is 6.70. The first-order chi connectivity index (χ1) is 10.6. The van der Waals surface area contributed by atoms with Gasteiger partial charge in [0.1, 0.15) is 10.4 Å². The van der Waals surface area contributed by atoms with E-state index in [-0.39, 0.29) is 23.8 Å². The highest BCUT2D eigenvalue weighted by Gasteiger charge is 2.34. The van der Waals surface area contributed by atoms with Crippen LogP contribution in [0.2, 0.25) is 0 Å². The van der Waals surface area contributed by atoms with Crippen LogP contribution in [-0.4, -0.2) is 46.6 Å². The van der Waals surface area contributed by atoms with E-state index in [0.717, 1.165) is 22.9 Å². The van der Waals surface area contributed by atoms with Crippen LogP contribution < -0.4 is 5.32 Å². The van der Waals surface area contributed by atoms with E-state index in [1.165, 1.54) is 0 Å². The van der Waals surface area contributed by atoms with Crippen molar-refractivity contribution >= 4 is 34.9 Å². The Morgan fingerprint density at radius 1 is 1.55 bits per heavy atom. The molecule has 7 heteroatoms. The van der Waals surface area contributed by atoms with Crippen molar-refractivity contribution in [3.8, 4) is 0 Å². The number of thioether (sulfide) groups is 1. The minimum atomic E-state index is -0.332. The first kappa shape index (κ1) is 17.3. The molecule has 1 N–H and O–H groups in total. The van der Waals surface area contributed by atoms with Crippen LogP contribution in [0.25, 0.3) is 0 Å². The largest absolute Gasteiger partial charge is 0.354 e. The van der Waals surface area contributed by atoms with Gasteiger partial charge in [0.2, 0.25) is 11.8 Å².